The molecule has 0 aliphatic rings. The van der Waals surface area contributed by atoms with E-state index in [2.05, 4.69) is 52.3 Å². The number of hydrogen-bond donors (Lipinski definition) is 4. The van der Waals surface area contributed by atoms with Crippen LogP contribution in [0.3, 0.4) is 0 Å². The fraction of sp³-hybridized carbons (Fsp3) is 0.0345. The molecule has 2 heterocycles. The number of hydrogen-bond acceptors (Lipinski definition) is 7. The summed E-state index contributed by atoms with van der Waals surface area (Å²) in [7, 11) is 0. The number of pyridine rings is 1. The third kappa shape index (κ3) is 6.97. The zero-order chi connectivity index (χ0) is 29.6. The Bertz CT molecular complexity index is 1800. The van der Waals surface area contributed by atoms with Gasteiger partial charge < -0.3 is 25.8 Å². The smallest absolute Gasteiger partial charge is 0.323 e. The van der Waals surface area contributed by atoms with Crippen molar-refractivity contribution in [3.8, 4) is 22.8 Å². The second-order valence-electron chi connectivity index (χ2n) is 8.85. The van der Waals surface area contributed by atoms with Crippen LogP contribution in [-0.4, -0.2) is 33.0 Å². The molecule has 13 heteroatoms. The normalized spacial score (nSPS) is 10.5. The summed E-state index contributed by atoms with van der Waals surface area (Å²) in [5.74, 6) is -0.0455. The van der Waals surface area contributed by atoms with Gasteiger partial charge in [-0.3, -0.25) is 14.6 Å². The van der Waals surface area contributed by atoms with Gasteiger partial charge in [-0.25, -0.2) is 4.79 Å². The standard InChI is InChI=1S/C29H21BrClN7O4/c1-16(39)33-25-10-8-20(13-23(25)30)36-29(41)35-19-6-2-4-17(12-19)28-37-26(38-42-28)22-9-7-21(14-24(22)31)34-27(40)18-5-3-11-32-15-18/h2-15H,1H3,(H,33,39)(H,34,40)(H2,35,36,41). The predicted octanol–water partition coefficient (Wildman–Crippen LogP) is 7.07. The average molecular weight is 647 g/mol. The molecule has 0 saturated heterocycles. The highest BCUT2D eigenvalue weighted by Crippen LogP contribution is 2.31. The molecular weight excluding hydrogens is 626 g/mol. The number of amides is 4. The molecule has 0 bridgehead atoms. The Kier molecular flexibility index (Phi) is 8.55. The monoisotopic (exact) mass is 645 g/mol. The number of nitrogens with one attached hydrogen (secondary N) is 4. The first-order chi connectivity index (χ1) is 20.2. The molecule has 11 nitrogen and oxygen atoms in total. The number of carbonyl (C=O) groups excluding carboxylic acids is 3. The van der Waals surface area contributed by atoms with Gasteiger partial charge in [0, 0.05) is 52.0 Å². The molecule has 3 aromatic carbocycles. The Hall–Kier alpha value is -5.07. The molecule has 0 aliphatic carbocycles. The van der Waals surface area contributed by atoms with E-state index >= 15 is 0 Å². The number of benzene rings is 3. The molecule has 5 aromatic rings. The molecule has 4 N–H and O–H groups in total. The number of carbonyl (C=O) groups is 3. The van der Waals surface area contributed by atoms with Crippen molar-refractivity contribution in [3.63, 3.8) is 0 Å². The van der Waals surface area contributed by atoms with E-state index in [0.29, 0.717) is 48.9 Å². The van der Waals surface area contributed by atoms with Gasteiger partial charge in [-0.15, -0.1) is 0 Å². The van der Waals surface area contributed by atoms with Crippen LogP contribution in [0.2, 0.25) is 5.02 Å². The van der Waals surface area contributed by atoms with Crippen molar-refractivity contribution in [1.82, 2.24) is 15.1 Å². The Labute approximate surface area is 252 Å². The van der Waals surface area contributed by atoms with Crippen LogP contribution in [0.15, 0.2) is 94.2 Å². The summed E-state index contributed by atoms with van der Waals surface area (Å²) in [5.41, 5.74) is 3.59. The molecule has 0 spiro atoms. The van der Waals surface area contributed by atoms with E-state index in [9.17, 15) is 14.4 Å². The van der Waals surface area contributed by atoms with Gasteiger partial charge in [0.15, 0.2) is 0 Å². The fourth-order valence-electron chi connectivity index (χ4n) is 3.83. The lowest BCUT2D eigenvalue weighted by molar-refractivity contribution is -0.114. The third-order valence-electron chi connectivity index (χ3n) is 5.72. The summed E-state index contributed by atoms with van der Waals surface area (Å²) in [6.45, 7) is 1.41. The van der Waals surface area contributed by atoms with Crippen LogP contribution < -0.4 is 21.3 Å². The van der Waals surface area contributed by atoms with Crippen LogP contribution in [0.5, 0.6) is 0 Å². The van der Waals surface area contributed by atoms with E-state index in [1.807, 2.05) is 0 Å². The minimum absolute atomic E-state index is 0.203. The highest BCUT2D eigenvalue weighted by Gasteiger charge is 2.16. The van der Waals surface area contributed by atoms with Crippen molar-refractivity contribution in [2.24, 2.45) is 0 Å². The van der Waals surface area contributed by atoms with Crippen LogP contribution in [-0.2, 0) is 4.79 Å². The molecular formula is C29H21BrClN7O4. The van der Waals surface area contributed by atoms with E-state index in [1.54, 1.807) is 79.0 Å². The van der Waals surface area contributed by atoms with Gasteiger partial charge in [0.05, 0.1) is 16.3 Å². The summed E-state index contributed by atoms with van der Waals surface area (Å²) < 4.78 is 6.08. The number of rotatable bonds is 7. The van der Waals surface area contributed by atoms with Gasteiger partial charge >= 0.3 is 6.03 Å². The summed E-state index contributed by atoms with van der Waals surface area (Å²) in [6.07, 6.45) is 3.06. The van der Waals surface area contributed by atoms with Crippen LogP contribution in [0, 0.1) is 0 Å². The molecule has 5 rings (SSSR count). The summed E-state index contributed by atoms with van der Waals surface area (Å²) in [5, 5.41) is 15.3. The maximum absolute atomic E-state index is 12.6. The van der Waals surface area contributed by atoms with Crippen LogP contribution in [0.4, 0.5) is 27.5 Å². The second kappa shape index (κ2) is 12.6. The number of aromatic nitrogens is 3. The van der Waals surface area contributed by atoms with E-state index in [1.165, 1.54) is 13.1 Å². The van der Waals surface area contributed by atoms with Gasteiger partial charge in [-0.2, -0.15) is 4.98 Å². The SMILES string of the molecule is CC(=O)Nc1ccc(NC(=O)Nc2cccc(-c3nc(-c4ccc(NC(=O)c5cccnc5)cc4Cl)no3)c2)cc1Br. The molecule has 210 valence electrons. The van der Waals surface area contributed by atoms with Gasteiger partial charge in [0.25, 0.3) is 11.8 Å². The lowest BCUT2D eigenvalue weighted by Crippen LogP contribution is -2.19. The first-order valence-electron chi connectivity index (χ1n) is 12.4. The van der Waals surface area contributed by atoms with Gasteiger partial charge in [-0.1, -0.05) is 22.8 Å². The zero-order valence-electron chi connectivity index (χ0n) is 21.8. The molecule has 42 heavy (non-hydrogen) atoms. The van der Waals surface area contributed by atoms with E-state index in [4.69, 9.17) is 16.1 Å². The Balaban J connectivity index is 1.25. The van der Waals surface area contributed by atoms with Gasteiger partial charge in [0.2, 0.25) is 11.7 Å². The van der Waals surface area contributed by atoms with E-state index in [0.717, 1.165) is 0 Å². The van der Waals surface area contributed by atoms with Crippen molar-refractivity contribution >= 4 is 68.1 Å². The highest BCUT2D eigenvalue weighted by molar-refractivity contribution is 9.10. The number of nitrogens with zero attached hydrogens (tertiary/aromatic N) is 3. The topological polar surface area (TPSA) is 151 Å². The summed E-state index contributed by atoms with van der Waals surface area (Å²) in [6, 6.07) is 19.7. The number of urea groups is 1. The molecule has 0 aliphatic heterocycles. The van der Waals surface area contributed by atoms with Gasteiger partial charge in [0.1, 0.15) is 0 Å². The van der Waals surface area contributed by atoms with E-state index < -0.39 is 6.03 Å². The van der Waals surface area contributed by atoms with Crippen LogP contribution in [0.1, 0.15) is 17.3 Å². The van der Waals surface area contributed by atoms with Crippen molar-refractivity contribution in [1.29, 1.82) is 0 Å². The fourth-order valence-corrected chi connectivity index (χ4v) is 4.57. The lowest BCUT2D eigenvalue weighted by atomic mass is 10.1. The molecule has 4 amide bonds. The van der Waals surface area contributed by atoms with E-state index in [-0.39, 0.29) is 23.5 Å². The highest BCUT2D eigenvalue weighted by atomic mass is 79.9. The minimum Gasteiger partial charge on any atom is -0.334 e. The number of halogens is 2. The largest absolute Gasteiger partial charge is 0.334 e. The maximum atomic E-state index is 12.6. The first kappa shape index (κ1) is 28.5. The lowest BCUT2D eigenvalue weighted by Gasteiger charge is -2.10. The molecule has 0 radical (unpaired) electrons. The Morgan fingerprint density at radius 2 is 1.62 bits per heavy atom. The van der Waals surface area contributed by atoms with Crippen LogP contribution in [0.25, 0.3) is 22.8 Å². The Morgan fingerprint density at radius 3 is 2.33 bits per heavy atom. The van der Waals surface area contributed by atoms with Crippen LogP contribution >= 0.6 is 27.5 Å². The van der Waals surface area contributed by atoms with Crippen molar-refractivity contribution < 1.29 is 18.9 Å². The quantitative estimate of drug-likeness (QED) is 0.148. The summed E-state index contributed by atoms with van der Waals surface area (Å²) >= 11 is 9.85. The molecule has 0 fully saturated rings. The van der Waals surface area contributed by atoms with Crippen molar-refractivity contribution in [2.45, 2.75) is 6.92 Å². The average Bonchev–Trinajstić information content (AvgIpc) is 3.45. The molecule has 0 atom stereocenters. The Morgan fingerprint density at radius 1 is 0.857 bits per heavy atom. The summed E-state index contributed by atoms with van der Waals surface area (Å²) in [4.78, 5) is 44.7. The first-order valence-corrected chi connectivity index (χ1v) is 13.5. The molecule has 0 saturated carbocycles. The van der Waals surface area contributed by atoms with Crippen molar-refractivity contribution in [2.75, 3.05) is 21.3 Å². The minimum atomic E-state index is -0.472. The predicted molar refractivity (Wildman–Crippen MR) is 163 cm³/mol. The molecule has 0 unspecified atom stereocenters. The van der Waals surface area contributed by atoms with Crippen molar-refractivity contribution in [3.05, 3.63) is 100 Å². The third-order valence-corrected chi connectivity index (χ3v) is 6.69. The number of anilines is 4. The van der Waals surface area contributed by atoms with Gasteiger partial charge in [-0.05, 0) is 82.7 Å². The maximum Gasteiger partial charge on any atom is 0.323 e. The zero-order valence-corrected chi connectivity index (χ0v) is 24.2. The second-order valence-corrected chi connectivity index (χ2v) is 10.1. The molecule has 2 aromatic heterocycles.